The molecule has 72 valence electrons. The summed E-state index contributed by atoms with van der Waals surface area (Å²) < 4.78 is 0. The predicted molar refractivity (Wildman–Crippen MR) is 55.1 cm³/mol. The van der Waals surface area contributed by atoms with Crippen molar-refractivity contribution >= 4 is 0 Å². The second-order valence-corrected chi connectivity index (χ2v) is 4.80. The van der Waals surface area contributed by atoms with Crippen LogP contribution in [0.3, 0.4) is 0 Å². The molecule has 0 amide bonds. The summed E-state index contributed by atoms with van der Waals surface area (Å²) >= 11 is 0. The number of hydrogen-bond acceptors (Lipinski definition) is 0. The SMILES string of the molecule is CCCC1C(C)C1(CC)C(C)C. The molecule has 1 saturated carbocycles. The molecule has 0 heteroatoms. The van der Waals surface area contributed by atoms with Gasteiger partial charge in [-0.2, -0.15) is 0 Å². The van der Waals surface area contributed by atoms with Gasteiger partial charge in [0.05, 0.1) is 0 Å². The van der Waals surface area contributed by atoms with Crippen LogP contribution in [0, 0.1) is 23.2 Å². The molecule has 0 heterocycles. The van der Waals surface area contributed by atoms with Gasteiger partial charge in [0.1, 0.15) is 0 Å². The van der Waals surface area contributed by atoms with Crippen molar-refractivity contribution in [3.05, 3.63) is 0 Å². The summed E-state index contributed by atoms with van der Waals surface area (Å²) in [6.45, 7) is 11.9. The lowest BCUT2D eigenvalue weighted by molar-refractivity contribution is 0.291. The molecule has 1 aliphatic rings. The van der Waals surface area contributed by atoms with Gasteiger partial charge >= 0.3 is 0 Å². The van der Waals surface area contributed by atoms with Crippen molar-refractivity contribution in [2.24, 2.45) is 23.2 Å². The lowest BCUT2D eigenvalue weighted by Crippen LogP contribution is -2.12. The van der Waals surface area contributed by atoms with E-state index in [-0.39, 0.29) is 0 Å². The highest BCUT2D eigenvalue weighted by atomic mass is 14.6. The fourth-order valence-corrected chi connectivity index (χ4v) is 3.53. The maximum Gasteiger partial charge on any atom is -0.0218 e. The molecule has 0 nitrogen and oxygen atoms in total. The minimum absolute atomic E-state index is 0.718. The topological polar surface area (TPSA) is 0 Å². The molecule has 0 saturated heterocycles. The van der Waals surface area contributed by atoms with Crippen LogP contribution in [0.5, 0.6) is 0 Å². The zero-order valence-corrected chi connectivity index (χ0v) is 9.35. The van der Waals surface area contributed by atoms with Crippen LogP contribution in [0.4, 0.5) is 0 Å². The molecule has 0 spiro atoms. The maximum atomic E-state index is 2.45. The van der Waals surface area contributed by atoms with Crippen LogP contribution < -0.4 is 0 Å². The maximum absolute atomic E-state index is 2.45. The van der Waals surface area contributed by atoms with Crippen LogP contribution in [0.2, 0.25) is 0 Å². The Morgan fingerprint density at radius 2 is 1.83 bits per heavy atom. The number of hydrogen-bond donors (Lipinski definition) is 0. The van der Waals surface area contributed by atoms with Gasteiger partial charge in [-0.25, -0.2) is 0 Å². The smallest absolute Gasteiger partial charge is 0.0218 e. The van der Waals surface area contributed by atoms with Crippen molar-refractivity contribution in [2.45, 2.75) is 53.9 Å². The van der Waals surface area contributed by atoms with Gasteiger partial charge in [0.15, 0.2) is 0 Å². The van der Waals surface area contributed by atoms with Crippen molar-refractivity contribution in [2.75, 3.05) is 0 Å². The molecule has 1 fully saturated rings. The van der Waals surface area contributed by atoms with Gasteiger partial charge in [0, 0.05) is 0 Å². The molecule has 12 heavy (non-hydrogen) atoms. The summed E-state index contributed by atoms with van der Waals surface area (Å²) in [6, 6.07) is 0. The lowest BCUT2D eigenvalue weighted by atomic mass is 9.85. The van der Waals surface area contributed by atoms with E-state index >= 15 is 0 Å². The fourth-order valence-electron chi connectivity index (χ4n) is 3.53. The third kappa shape index (κ3) is 1.20. The molecule has 0 bridgehead atoms. The van der Waals surface area contributed by atoms with E-state index in [1.165, 1.54) is 19.3 Å². The molecule has 3 atom stereocenters. The fraction of sp³-hybridized carbons (Fsp3) is 1.00. The van der Waals surface area contributed by atoms with E-state index in [1.54, 1.807) is 0 Å². The van der Waals surface area contributed by atoms with Crippen molar-refractivity contribution < 1.29 is 0 Å². The Bertz CT molecular complexity index is 148. The van der Waals surface area contributed by atoms with Crippen LogP contribution in [-0.4, -0.2) is 0 Å². The minimum Gasteiger partial charge on any atom is -0.0654 e. The minimum atomic E-state index is 0.718. The molecule has 3 unspecified atom stereocenters. The molecule has 1 rings (SSSR count). The third-order valence-electron chi connectivity index (χ3n) is 4.32. The molecule has 0 aromatic rings. The molecular formula is C12H24. The van der Waals surface area contributed by atoms with Crippen molar-refractivity contribution in [3.63, 3.8) is 0 Å². The molecular weight excluding hydrogens is 144 g/mol. The first-order valence-corrected chi connectivity index (χ1v) is 5.61. The molecule has 0 aromatic heterocycles. The van der Waals surface area contributed by atoms with Gasteiger partial charge in [-0.15, -0.1) is 0 Å². The first-order chi connectivity index (χ1) is 5.61. The summed E-state index contributed by atoms with van der Waals surface area (Å²) in [4.78, 5) is 0. The predicted octanol–water partition coefficient (Wildman–Crippen LogP) is 4.10. The highest BCUT2D eigenvalue weighted by molar-refractivity contribution is 5.08. The largest absolute Gasteiger partial charge is 0.0654 e. The van der Waals surface area contributed by atoms with Crippen LogP contribution in [0.1, 0.15) is 53.9 Å². The lowest BCUT2D eigenvalue weighted by Gasteiger charge is -2.20. The Morgan fingerprint density at radius 3 is 2.08 bits per heavy atom. The van der Waals surface area contributed by atoms with E-state index in [4.69, 9.17) is 0 Å². The zero-order chi connectivity index (χ0) is 9.35. The molecule has 0 radical (unpaired) electrons. The van der Waals surface area contributed by atoms with Gasteiger partial charge in [-0.3, -0.25) is 0 Å². The van der Waals surface area contributed by atoms with Gasteiger partial charge < -0.3 is 0 Å². The Kier molecular flexibility index (Phi) is 2.85. The highest BCUT2D eigenvalue weighted by Gasteiger charge is 2.60. The van der Waals surface area contributed by atoms with E-state index in [0.717, 1.165) is 23.2 Å². The summed E-state index contributed by atoms with van der Waals surface area (Å²) in [7, 11) is 0. The van der Waals surface area contributed by atoms with E-state index in [9.17, 15) is 0 Å². The van der Waals surface area contributed by atoms with E-state index in [1.807, 2.05) is 0 Å². The van der Waals surface area contributed by atoms with Crippen molar-refractivity contribution in [1.82, 2.24) is 0 Å². The Hall–Kier alpha value is 0. The van der Waals surface area contributed by atoms with Crippen LogP contribution in [-0.2, 0) is 0 Å². The van der Waals surface area contributed by atoms with E-state index < -0.39 is 0 Å². The van der Waals surface area contributed by atoms with Gasteiger partial charge in [0.25, 0.3) is 0 Å². The summed E-state index contributed by atoms with van der Waals surface area (Å²) in [6.07, 6.45) is 4.20. The van der Waals surface area contributed by atoms with Gasteiger partial charge in [-0.05, 0) is 36.0 Å². The van der Waals surface area contributed by atoms with Crippen molar-refractivity contribution in [1.29, 1.82) is 0 Å². The second-order valence-electron chi connectivity index (χ2n) is 4.80. The Morgan fingerprint density at radius 1 is 1.25 bits per heavy atom. The monoisotopic (exact) mass is 168 g/mol. The molecule has 1 aliphatic carbocycles. The molecule has 0 N–H and O–H groups in total. The molecule has 0 aromatic carbocycles. The summed E-state index contributed by atoms with van der Waals surface area (Å²) in [5.74, 6) is 2.91. The standard InChI is InChI=1S/C12H24/c1-6-8-11-10(5)12(11,7-2)9(3)4/h9-11H,6-8H2,1-5H3. The van der Waals surface area contributed by atoms with E-state index in [2.05, 4.69) is 34.6 Å². The van der Waals surface area contributed by atoms with Crippen LogP contribution in [0.15, 0.2) is 0 Å². The normalized spacial score (nSPS) is 40.5. The van der Waals surface area contributed by atoms with Crippen molar-refractivity contribution in [3.8, 4) is 0 Å². The summed E-state index contributed by atoms with van der Waals surface area (Å²) in [5.41, 5.74) is 0.718. The second kappa shape index (κ2) is 3.40. The van der Waals surface area contributed by atoms with E-state index in [0.29, 0.717) is 0 Å². The average molecular weight is 168 g/mol. The first-order valence-electron chi connectivity index (χ1n) is 5.61. The van der Waals surface area contributed by atoms with Crippen LogP contribution in [0.25, 0.3) is 0 Å². The zero-order valence-electron chi connectivity index (χ0n) is 9.35. The Labute approximate surface area is 77.7 Å². The molecule has 0 aliphatic heterocycles. The number of rotatable bonds is 4. The quantitative estimate of drug-likeness (QED) is 0.592. The third-order valence-corrected chi connectivity index (χ3v) is 4.32. The Balaban J connectivity index is 2.60. The van der Waals surface area contributed by atoms with Gasteiger partial charge in [-0.1, -0.05) is 41.0 Å². The highest BCUT2D eigenvalue weighted by Crippen LogP contribution is 2.66. The first kappa shape index (κ1) is 10.1. The average Bonchev–Trinajstić information content (AvgIpc) is 2.59. The van der Waals surface area contributed by atoms with Crippen LogP contribution >= 0.6 is 0 Å². The van der Waals surface area contributed by atoms with Gasteiger partial charge in [0.2, 0.25) is 0 Å². The summed E-state index contributed by atoms with van der Waals surface area (Å²) in [5, 5.41) is 0.